The number of rotatable bonds is 4. The van der Waals surface area contributed by atoms with E-state index in [-0.39, 0.29) is 12.0 Å². The molecule has 1 aromatic carbocycles. The first-order chi connectivity index (χ1) is 9.60. The van der Waals surface area contributed by atoms with E-state index < -0.39 is 0 Å². The number of ether oxygens (including phenoxy) is 1. The highest BCUT2D eigenvalue weighted by Gasteiger charge is 2.23. The third-order valence-corrected chi connectivity index (χ3v) is 4.07. The second kappa shape index (κ2) is 6.95. The monoisotopic (exact) mass is 296 g/mol. The maximum absolute atomic E-state index is 11.3. The second-order valence-corrected chi connectivity index (χ2v) is 5.57. The molecule has 110 valence electrons. The minimum Gasteiger partial charge on any atom is -0.469 e. The van der Waals surface area contributed by atoms with Crippen molar-refractivity contribution in [1.29, 1.82) is 0 Å². The minimum atomic E-state index is -0.141. The van der Waals surface area contributed by atoms with Crippen molar-refractivity contribution < 1.29 is 9.53 Å². The van der Waals surface area contributed by atoms with Crippen molar-refractivity contribution in [3.63, 3.8) is 0 Å². The summed E-state index contributed by atoms with van der Waals surface area (Å²) in [5, 5.41) is 0.763. The van der Waals surface area contributed by atoms with Crippen LogP contribution in [0.25, 0.3) is 0 Å². The number of benzene rings is 1. The molecule has 0 aliphatic carbocycles. The average Bonchev–Trinajstić information content (AvgIpc) is 2.48. The molecule has 20 heavy (non-hydrogen) atoms. The fraction of sp³-hybridized carbons (Fsp3) is 0.533. The number of hydrogen-bond donors (Lipinski definition) is 0. The summed E-state index contributed by atoms with van der Waals surface area (Å²) >= 11 is 5.91. The van der Waals surface area contributed by atoms with Crippen LogP contribution < -0.4 is 4.90 Å². The van der Waals surface area contributed by atoms with E-state index in [4.69, 9.17) is 16.3 Å². The molecule has 1 atom stereocenters. The molecule has 0 bridgehead atoms. The Labute approximate surface area is 125 Å². The van der Waals surface area contributed by atoms with Gasteiger partial charge in [-0.25, -0.2) is 0 Å². The van der Waals surface area contributed by atoms with Gasteiger partial charge in [0.2, 0.25) is 0 Å². The summed E-state index contributed by atoms with van der Waals surface area (Å²) in [6.45, 7) is 5.93. The molecule has 1 unspecified atom stereocenters. The number of carbonyl (C=O) groups is 1. The van der Waals surface area contributed by atoms with Gasteiger partial charge in [-0.3, -0.25) is 9.69 Å². The summed E-state index contributed by atoms with van der Waals surface area (Å²) in [6, 6.07) is 8.17. The molecule has 5 heteroatoms. The molecule has 0 radical (unpaired) electrons. The van der Waals surface area contributed by atoms with Gasteiger partial charge >= 0.3 is 5.97 Å². The lowest BCUT2D eigenvalue weighted by Crippen LogP contribution is -2.50. The van der Waals surface area contributed by atoms with Gasteiger partial charge in [0.25, 0.3) is 0 Å². The Morgan fingerprint density at radius 2 is 1.85 bits per heavy atom. The molecule has 0 aromatic heterocycles. The van der Waals surface area contributed by atoms with Crippen LogP contribution in [-0.4, -0.2) is 50.2 Å². The Morgan fingerprint density at radius 1 is 1.25 bits per heavy atom. The van der Waals surface area contributed by atoms with E-state index in [1.165, 1.54) is 12.8 Å². The van der Waals surface area contributed by atoms with Crippen LogP contribution >= 0.6 is 11.6 Å². The van der Waals surface area contributed by atoms with E-state index >= 15 is 0 Å². The zero-order valence-electron chi connectivity index (χ0n) is 12.0. The average molecular weight is 297 g/mol. The molecule has 1 aromatic rings. The first-order valence-electron chi connectivity index (χ1n) is 6.91. The van der Waals surface area contributed by atoms with Crippen molar-refractivity contribution in [3.05, 3.63) is 29.3 Å². The van der Waals surface area contributed by atoms with Crippen LogP contribution in [0.4, 0.5) is 5.69 Å². The number of esters is 1. The zero-order valence-corrected chi connectivity index (χ0v) is 12.8. The lowest BCUT2D eigenvalue weighted by atomic mass is 10.1. The smallest absolute Gasteiger partial charge is 0.307 e. The van der Waals surface area contributed by atoms with Gasteiger partial charge in [0.05, 0.1) is 13.5 Å². The van der Waals surface area contributed by atoms with Gasteiger partial charge in [-0.1, -0.05) is 11.6 Å². The normalized spacial score (nSPS) is 17.9. The van der Waals surface area contributed by atoms with E-state index in [0.717, 1.165) is 31.2 Å². The quantitative estimate of drug-likeness (QED) is 0.799. The molecular weight excluding hydrogens is 276 g/mol. The predicted molar refractivity (Wildman–Crippen MR) is 81.3 cm³/mol. The highest BCUT2D eigenvalue weighted by molar-refractivity contribution is 6.30. The van der Waals surface area contributed by atoms with E-state index in [1.807, 2.05) is 12.1 Å². The lowest BCUT2D eigenvalue weighted by molar-refractivity contribution is -0.141. The number of carbonyl (C=O) groups excluding carboxylic acids is 1. The molecule has 2 rings (SSSR count). The molecule has 0 saturated carbocycles. The van der Waals surface area contributed by atoms with Crippen LogP contribution in [0.2, 0.25) is 5.02 Å². The van der Waals surface area contributed by atoms with Gasteiger partial charge in [-0.2, -0.15) is 0 Å². The van der Waals surface area contributed by atoms with Crippen LogP contribution in [0.5, 0.6) is 0 Å². The van der Waals surface area contributed by atoms with Crippen LogP contribution in [0.15, 0.2) is 24.3 Å². The Hall–Kier alpha value is -1.26. The number of halogens is 1. The standard InChI is InChI=1S/C15H21ClN2O2/c1-12(11-15(19)20-2)17-7-9-18(10-8-17)14-5-3-13(16)4-6-14/h3-6,12H,7-11H2,1-2H3. The molecule has 0 N–H and O–H groups in total. The first kappa shape index (κ1) is 15.1. The van der Waals surface area contributed by atoms with Crippen molar-refractivity contribution in [2.24, 2.45) is 0 Å². The second-order valence-electron chi connectivity index (χ2n) is 5.13. The SMILES string of the molecule is COC(=O)CC(C)N1CCN(c2ccc(Cl)cc2)CC1. The summed E-state index contributed by atoms with van der Waals surface area (Å²) in [7, 11) is 1.44. The number of hydrogen-bond acceptors (Lipinski definition) is 4. The molecule has 1 fully saturated rings. The summed E-state index contributed by atoms with van der Waals surface area (Å²) in [5.74, 6) is -0.141. The van der Waals surface area contributed by atoms with Crippen LogP contribution in [0.3, 0.4) is 0 Å². The molecule has 4 nitrogen and oxygen atoms in total. The topological polar surface area (TPSA) is 32.8 Å². The molecule has 1 aliphatic rings. The molecule has 1 saturated heterocycles. The van der Waals surface area contributed by atoms with Gasteiger partial charge in [0.15, 0.2) is 0 Å². The summed E-state index contributed by atoms with van der Waals surface area (Å²) < 4.78 is 4.72. The van der Waals surface area contributed by atoms with Crippen molar-refractivity contribution in [3.8, 4) is 0 Å². The number of methoxy groups -OCH3 is 1. The van der Waals surface area contributed by atoms with Crippen LogP contribution in [0.1, 0.15) is 13.3 Å². The summed E-state index contributed by atoms with van der Waals surface area (Å²) in [6.07, 6.45) is 0.456. The zero-order chi connectivity index (χ0) is 14.5. The third kappa shape index (κ3) is 3.87. The van der Waals surface area contributed by atoms with E-state index in [2.05, 4.69) is 28.9 Å². The first-order valence-corrected chi connectivity index (χ1v) is 7.29. The fourth-order valence-electron chi connectivity index (χ4n) is 2.53. The molecule has 0 amide bonds. The van der Waals surface area contributed by atoms with Gasteiger partial charge in [-0.05, 0) is 31.2 Å². The van der Waals surface area contributed by atoms with Crippen LogP contribution in [0, 0.1) is 0 Å². The molecular formula is C15H21ClN2O2. The van der Waals surface area contributed by atoms with Gasteiger partial charge < -0.3 is 9.64 Å². The van der Waals surface area contributed by atoms with Crippen molar-refractivity contribution in [2.45, 2.75) is 19.4 Å². The highest BCUT2D eigenvalue weighted by atomic mass is 35.5. The van der Waals surface area contributed by atoms with Gasteiger partial charge in [0, 0.05) is 42.9 Å². The molecule has 1 aliphatic heterocycles. The Bertz CT molecular complexity index is 442. The Kier molecular flexibility index (Phi) is 5.26. The largest absolute Gasteiger partial charge is 0.469 e. The fourth-order valence-corrected chi connectivity index (χ4v) is 2.65. The highest BCUT2D eigenvalue weighted by Crippen LogP contribution is 2.20. The van der Waals surface area contributed by atoms with Crippen molar-refractivity contribution in [2.75, 3.05) is 38.2 Å². The van der Waals surface area contributed by atoms with E-state index in [9.17, 15) is 4.79 Å². The number of nitrogens with zero attached hydrogens (tertiary/aromatic N) is 2. The van der Waals surface area contributed by atoms with Crippen molar-refractivity contribution in [1.82, 2.24) is 4.90 Å². The summed E-state index contributed by atoms with van der Waals surface area (Å²) in [4.78, 5) is 16.0. The van der Waals surface area contributed by atoms with E-state index in [1.54, 1.807) is 0 Å². The minimum absolute atomic E-state index is 0.141. The van der Waals surface area contributed by atoms with Crippen LogP contribution in [-0.2, 0) is 9.53 Å². The van der Waals surface area contributed by atoms with Gasteiger partial charge in [-0.15, -0.1) is 0 Å². The van der Waals surface area contributed by atoms with Gasteiger partial charge in [0.1, 0.15) is 0 Å². The lowest BCUT2D eigenvalue weighted by Gasteiger charge is -2.38. The third-order valence-electron chi connectivity index (χ3n) is 3.82. The molecule has 1 heterocycles. The Morgan fingerprint density at radius 3 is 2.40 bits per heavy atom. The van der Waals surface area contributed by atoms with Crippen molar-refractivity contribution >= 4 is 23.3 Å². The maximum Gasteiger partial charge on any atom is 0.307 e. The number of anilines is 1. The maximum atomic E-state index is 11.3. The van der Waals surface area contributed by atoms with E-state index in [0.29, 0.717) is 6.42 Å². The molecule has 0 spiro atoms. The number of piperazine rings is 1. The summed E-state index contributed by atoms with van der Waals surface area (Å²) in [5.41, 5.74) is 1.20. The predicted octanol–water partition coefficient (Wildman–Crippen LogP) is 2.41. The Balaban J connectivity index is 1.85.